The predicted molar refractivity (Wildman–Crippen MR) is 87.4 cm³/mol. The SMILES string of the molecule is CC(C)(C)C1CCN(C2CCCC(CO)(NC3CC3)C2)C1. The van der Waals surface area contributed by atoms with E-state index in [0.29, 0.717) is 24.1 Å². The summed E-state index contributed by atoms with van der Waals surface area (Å²) in [4.78, 5) is 2.73. The molecule has 2 saturated carbocycles. The number of nitrogens with zero attached hydrogens (tertiary/aromatic N) is 1. The van der Waals surface area contributed by atoms with Crippen LogP contribution in [0.25, 0.3) is 0 Å². The van der Waals surface area contributed by atoms with E-state index < -0.39 is 0 Å². The Kier molecular flexibility index (Phi) is 4.37. The van der Waals surface area contributed by atoms with E-state index in [1.165, 1.54) is 45.2 Å². The molecular formula is C18H34N2O. The average molecular weight is 294 g/mol. The summed E-state index contributed by atoms with van der Waals surface area (Å²) in [5.41, 5.74) is 0.452. The molecule has 3 unspecified atom stereocenters. The molecule has 2 N–H and O–H groups in total. The van der Waals surface area contributed by atoms with E-state index in [-0.39, 0.29) is 5.54 Å². The third-order valence-electron chi connectivity index (χ3n) is 6.17. The molecule has 0 aromatic heterocycles. The monoisotopic (exact) mass is 294 g/mol. The van der Waals surface area contributed by atoms with Gasteiger partial charge in [0.15, 0.2) is 0 Å². The van der Waals surface area contributed by atoms with Gasteiger partial charge in [-0.05, 0) is 62.8 Å². The van der Waals surface area contributed by atoms with Gasteiger partial charge in [-0.1, -0.05) is 20.8 Å². The highest BCUT2D eigenvalue weighted by Crippen LogP contribution is 2.39. The van der Waals surface area contributed by atoms with E-state index >= 15 is 0 Å². The fraction of sp³-hybridized carbons (Fsp3) is 1.00. The van der Waals surface area contributed by atoms with Crippen LogP contribution in [-0.4, -0.2) is 47.3 Å². The second-order valence-corrected chi connectivity index (χ2v) is 8.95. The lowest BCUT2D eigenvalue weighted by atomic mass is 9.78. The molecule has 3 heteroatoms. The van der Waals surface area contributed by atoms with Gasteiger partial charge in [-0.3, -0.25) is 0 Å². The Hall–Kier alpha value is -0.120. The summed E-state index contributed by atoms with van der Waals surface area (Å²) < 4.78 is 0. The van der Waals surface area contributed by atoms with E-state index in [4.69, 9.17) is 0 Å². The fourth-order valence-electron chi connectivity index (χ4n) is 4.45. The molecule has 1 heterocycles. The highest BCUT2D eigenvalue weighted by atomic mass is 16.3. The molecule has 3 rings (SSSR count). The Balaban J connectivity index is 1.60. The Bertz CT molecular complexity index is 361. The standard InChI is InChI=1S/C18H34N2O/c1-17(2,3)14-8-10-20(12-14)16-5-4-9-18(11-16,13-21)19-15-6-7-15/h14-16,19,21H,4-13H2,1-3H3. The Labute approximate surface area is 130 Å². The van der Waals surface area contributed by atoms with Crippen molar-refractivity contribution in [3.8, 4) is 0 Å². The zero-order valence-corrected chi connectivity index (χ0v) is 14.2. The number of aliphatic hydroxyl groups is 1. The van der Waals surface area contributed by atoms with Crippen molar-refractivity contribution in [3.05, 3.63) is 0 Å². The lowest BCUT2D eigenvalue weighted by Gasteiger charge is -2.44. The van der Waals surface area contributed by atoms with Crippen molar-refractivity contribution in [1.82, 2.24) is 10.2 Å². The van der Waals surface area contributed by atoms with Crippen molar-refractivity contribution in [2.75, 3.05) is 19.7 Å². The minimum absolute atomic E-state index is 0.0178. The van der Waals surface area contributed by atoms with E-state index in [1.807, 2.05) is 0 Å². The Morgan fingerprint density at radius 2 is 1.95 bits per heavy atom. The summed E-state index contributed by atoms with van der Waals surface area (Å²) in [7, 11) is 0. The molecule has 1 saturated heterocycles. The van der Waals surface area contributed by atoms with Crippen LogP contribution in [0.4, 0.5) is 0 Å². The molecule has 0 bridgehead atoms. The van der Waals surface area contributed by atoms with Gasteiger partial charge in [0.25, 0.3) is 0 Å². The second-order valence-electron chi connectivity index (χ2n) is 8.95. The van der Waals surface area contributed by atoms with Crippen molar-refractivity contribution < 1.29 is 5.11 Å². The molecule has 0 radical (unpaired) electrons. The van der Waals surface area contributed by atoms with Gasteiger partial charge in [0.1, 0.15) is 0 Å². The van der Waals surface area contributed by atoms with E-state index in [1.54, 1.807) is 0 Å². The molecule has 21 heavy (non-hydrogen) atoms. The molecule has 2 aliphatic carbocycles. The van der Waals surface area contributed by atoms with E-state index in [0.717, 1.165) is 18.8 Å². The van der Waals surface area contributed by atoms with Crippen molar-refractivity contribution in [2.45, 2.75) is 83.3 Å². The van der Waals surface area contributed by atoms with Gasteiger partial charge in [-0.25, -0.2) is 0 Å². The molecule has 3 aliphatic rings. The number of rotatable bonds is 4. The first-order valence-electron chi connectivity index (χ1n) is 9.04. The van der Waals surface area contributed by atoms with Crippen molar-refractivity contribution in [1.29, 1.82) is 0 Å². The third-order valence-corrected chi connectivity index (χ3v) is 6.17. The van der Waals surface area contributed by atoms with Crippen LogP contribution in [0.1, 0.15) is 65.7 Å². The molecule has 0 amide bonds. The quantitative estimate of drug-likeness (QED) is 0.837. The van der Waals surface area contributed by atoms with Crippen LogP contribution in [0.15, 0.2) is 0 Å². The minimum Gasteiger partial charge on any atom is -0.394 e. The lowest BCUT2D eigenvalue weighted by molar-refractivity contribution is 0.0633. The van der Waals surface area contributed by atoms with Gasteiger partial charge in [0.05, 0.1) is 6.61 Å². The van der Waals surface area contributed by atoms with Crippen LogP contribution < -0.4 is 5.32 Å². The predicted octanol–water partition coefficient (Wildman–Crippen LogP) is 2.78. The summed E-state index contributed by atoms with van der Waals surface area (Å²) >= 11 is 0. The first-order chi connectivity index (χ1) is 9.92. The highest BCUT2D eigenvalue weighted by Gasteiger charge is 2.43. The summed E-state index contributed by atoms with van der Waals surface area (Å²) in [5.74, 6) is 0.833. The molecule has 3 nitrogen and oxygen atoms in total. The van der Waals surface area contributed by atoms with Crippen LogP contribution in [-0.2, 0) is 0 Å². The Morgan fingerprint density at radius 3 is 2.52 bits per heavy atom. The Morgan fingerprint density at radius 1 is 1.19 bits per heavy atom. The number of hydrogen-bond acceptors (Lipinski definition) is 3. The normalized spacial score (nSPS) is 38.9. The van der Waals surface area contributed by atoms with Gasteiger partial charge >= 0.3 is 0 Å². The van der Waals surface area contributed by atoms with Crippen LogP contribution in [0.5, 0.6) is 0 Å². The van der Waals surface area contributed by atoms with Crippen LogP contribution >= 0.6 is 0 Å². The fourth-order valence-corrected chi connectivity index (χ4v) is 4.45. The summed E-state index contributed by atoms with van der Waals surface area (Å²) in [6.07, 6.45) is 8.86. The van der Waals surface area contributed by atoms with Gasteiger partial charge in [-0.15, -0.1) is 0 Å². The van der Waals surface area contributed by atoms with Crippen LogP contribution in [0, 0.1) is 11.3 Å². The summed E-state index contributed by atoms with van der Waals surface area (Å²) in [6, 6.07) is 1.38. The first kappa shape index (κ1) is 15.8. The molecule has 0 spiro atoms. The lowest BCUT2D eigenvalue weighted by Crippen LogP contribution is -2.56. The molecular weight excluding hydrogens is 260 g/mol. The largest absolute Gasteiger partial charge is 0.394 e. The molecule has 3 fully saturated rings. The zero-order chi connectivity index (χ0) is 15.1. The van der Waals surface area contributed by atoms with Gasteiger partial charge in [0, 0.05) is 24.2 Å². The van der Waals surface area contributed by atoms with E-state index in [2.05, 4.69) is 31.0 Å². The molecule has 3 atom stereocenters. The van der Waals surface area contributed by atoms with Crippen molar-refractivity contribution in [3.63, 3.8) is 0 Å². The maximum atomic E-state index is 9.98. The zero-order valence-electron chi connectivity index (χ0n) is 14.2. The maximum absolute atomic E-state index is 9.98. The molecule has 0 aromatic carbocycles. The number of nitrogens with one attached hydrogen (secondary N) is 1. The number of likely N-dealkylation sites (tertiary alicyclic amines) is 1. The van der Waals surface area contributed by atoms with Crippen LogP contribution in [0.2, 0.25) is 0 Å². The highest BCUT2D eigenvalue weighted by molar-refractivity contribution is 5.01. The topological polar surface area (TPSA) is 35.5 Å². The molecule has 1 aliphatic heterocycles. The number of hydrogen-bond donors (Lipinski definition) is 2. The smallest absolute Gasteiger partial charge is 0.0613 e. The first-order valence-corrected chi connectivity index (χ1v) is 9.04. The van der Waals surface area contributed by atoms with Gasteiger partial charge in [0.2, 0.25) is 0 Å². The number of aliphatic hydroxyl groups excluding tert-OH is 1. The molecule has 122 valence electrons. The van der Waals surface area contributed by atoms with Crippen LogP contribution in [0.3, 0.4) is 0 Å². The van der Waals surface area contributed by atoms with E-state index in [9.17, 15) is 5.11 Å². The maximum Gasteiger partial charge on any atom is 0.0613 e. The van der Waals surface area contributed by atoms with Gasteiger partial charge in [-0.2, -0.15) is 0 Å². The van der Waals surface area contributed by atoms with Crippen molar-refractivity contribution >= 4 is 0 Å². The second kappa shape index (κ2) is 5.82. The van der Waals surface area contributed by atoms with Gasteiger partial charge < -0.3 is 15.3 Å². The third kappa shape index (κ3) is 3.62. The minimum atomic E-state index is 0.0178. The van der Waals surface area contributed by atoms with Crippen molar-refractivity contribution in [2.24, 2.45) is 11.3 Å². The average Bonchev–Trinajstić information content (AvgIpc) is 3.08. The summed E-state index contributed by atoms with van der Waals surface area (Å²) in [5, 5.41) is 13.8. The summed E-state index contributed by atoms with van der Waals surface area (Å²) in [6.45, 7) is 9.99. The molecule has 0 aromatic rings.